The van der Waals surface area contributed by atoms with E-state index >= 15 is 0 Å². The number of allylic oxidation sites excluding steroid dienone is 1. The van der Waals surface area contributed by atoms with Gasteiger partial charge in [-0.15, -0.1) is 6.58 Å². The van der Waals surface area contributed by atoms with Gasteiger partial charge in [-0.1, -0.05) is 25.5 Å². The molecular formula is C24H34O2. The summed E-state index contributed by atoms with van der Waals surface area (Å²) in [6.45, 7) is 6.21. The van der Waals surface area contributed by atoms with Gasteiger partial charge >= 0.3 is 0 Å². The zero-order valence-corrected chi connectivity index (χ0v) is 16.2. The molecule has 4 rings (SSSR count). The van der Waals surface area contributed by atoms with E-state index < -0.39 is 0 Å². The van der Waals surface area contributed by atoms with Crippen molar-refractivity contribution in [3.05, 3.63) is 42.0 Å². The maximum Gasteiger partial charge on any atom is 0.115 e. The number of fused-ring (bicyclic) bond motifs is 5. The minimum absolute atomic E-state index is 0.115. The zero-order chi connectivity index (χ0) is 18.3. The zero-order valence-electron chi connectivity index (χ0n) is 16.2. The molecule has 142 valence electrons. The first kappa shape index (κ1) is 18.1. The number of benzene rings is 1. The van der Waals surface area contributed by atoms with E-state index in [0.29, 0.717) is 29.4 Å². The summed E-state index contributed by atoms with van der Waals surface area (Å²) in [6, 6.07) is 6.07. The van der Waals surface area contributed by atoms with E-state index in [1.807, 2.05) is 18.2 Å². The van der Waals surface area contributed by atoms with Gasteiger partial charge in [-0.2, -0.15) is 0 Å². The molecule has 3 aliphatic carbocycles. The summed E-state index contributed by atoms with van der Waals surface area (Å²) in [7, 11) is 0. The lowest BCUT2D eigenvalue weighted by molar-refractivity contribution is -0.0396. The van der Waals surface area contributed by atoms with E-state index in [9.17, 15) is 10.2 Å². The normalized spacial score (nSPS) is 38.3. The molecule has 0 radical (unpaired) electrons. The van der Waals surface area contributed by atoms with Crippen molar-refractivity contribution in [2.75, 3.05) is 0 Å². The number of phenols is 1. The Hall–Kier alpha value is -1.28. The van der Waals surface area contributed by atoms with Gasteiger partial charge in [-0.05, 0) is 104 Å². The Labute approximate surface area is 158 Å². The Morgan fingerprint density at radius 1 is 1.23 bits per heavy atom. The summed E-state index contributed by atoms with van der Waals surface area (Å²) >= 11 is 0. The summed E-state index contributed by atoms with van der Waals surface area (Å²) in [6.07, 6.45) is 12.4. The Kier molecular flexibility index (Phi) is 4.90. The molecular weight excluding hydrogens is 320 g/mol. The Morgan fingerprint density at radius 3 is 2.88 bits per heavy atom. The molecule has 2 N–H and O–H groups in total. The fourth-order valence-electron chi connectivity index (χ4n) is 6.73. The minimum Gasteiger partial charge on any atom is -0.508 e. The van der Waals surface area contributed by atoms with Crippen LogP contribution in [0.3, 0.4) is 0 Å². The molecule has 2 heteroatoms. The Balaban J connectivity index is 1.65. The lowest BCUT2D eigenvalue weighted by Gasteiger charge is -2.53. The fraction of sp³-hybridized carbons (Fsp3) is 0.667. The number of aliphatic hydroxyl groups is 1. The van der Waals surface area contributed by atoms with Crippen LogP contribution in [-0.2, 0) is 6.42 Å². The molecule has 0 aromatic heterocycles. The van der Waals surface area contributed by atoms with Crippen LogP contribution in [0.1, 0.15) is 75.3 Å². The largest absolute Gasteiger partial charge is 0.508 e. The Morgan fingerprint density at radius 2 is 2.08 bits per heavy atom. The molecule has 1 aromatic carbocycles. The SMILES string of the molecule is C=CCCCC[C@@H]1Cc2cc(O)ccc2[C@H]2CC[C@]3(C)[C@@H](O)CC[C@H]3[C@H]12. The average Bonchev–Trinajstić information content (AvgIpc) is 2.93. The second-order valence-corrected chi connectivity index (χ2v) is 9.35. The molecule has 0 aliphatic heterocycles. The van der Waals surface area contributed by atoms with Crippen LogP contribution in [0.5, 0.6) is 5.75 Å². The maximum absolute atomic E-state index is 10.7. The number of aliphatic hydroxyl groups excluding tert-OH is 1. The standard InChI is InChI=1S/C24H34O2/c1-3-4-5-6-7-16-14-17-15-18(25)8-9-19(17)20-12-13-24(2)21(23(16)20)10-11-22(24)26/h3,8-9,15-16,20-23,25-26H,1,4-7,10-14H2,2H3/t16-,20-,21+,22+,23-,24+/m1/s1. The van der Waals surface area contributed by atoms with Crippen LogP contribution in [0.15, 0.2) is 30.9 Å². The molecule has 2 fully saturated rings. The van der Waals surface area contributed by atoms with Gasteiger partial charge in [0.2, 0.25) is 0 Å². The van der Waals surface area contributed by atoms with Crippen LogP contribution in [0.4, 0.5) is 0 Å². The second kappa shape index (κ2) is 7.03. The number of hydrogen-bond acceptors (Lipinski definition) is 2. The van der Waals surface area contributed by atoms with Crippen LogP contribution >= 0.6 is 0 Å². The molecule has 0 bridgehead atoms. The molecule has 2 saturated carbocycles. The summed E-state index contributed by atoms with van der Waals surface area (Å²) in [5.41, 5.74) is 2.98. The minimum atomic E-state index is -0.115. The molecule has 0 amide bonds. The molecule has 0 heterocycles. The smallest absolute Gasteiger partial charge is 0.115 e. The first-order chi connectivity index (χ1) is 12.5. The average molecular weight is 355 g/mol. The number of hydrogen-bond donors (Lipinski definition) is 2. The highest BCUT2D eigenvalue weighted by Crippen LogP contribution is 2.62. The molecule has 0 saturated heterocycles. The lowest BCUT2D eigenvalue weighted by Crippen LogP contribution is -2.47. The number of phenolic OH excluding ortho intramolecular Hbond substituents is 1. The van der Waals surface area contributed by atoms with Gasteiger partial charge in [-0.25, -0.2) is 0 Å². The molecule has 0 spiro atoms. The lowest BCUT2D eigenvalue weighted by atomic mass is 9.52. The first-order valence-electron chi connectivity index (χ1n) is 10.7. The summed E-state index contributed by atoms with van der Waals surface area (Å²) < 4.78 is 0. The van der Waals surface area contributed by atoms with Crippen LogP contribution in [0, 0.1) is 23.2 Å². The van der Waals surface area contributed by atoms with Gasteiger partial charge in [0.05, 0.1) is 6.10 Å². The van der Waals surface area contributed by atoms with Crippen LogP contribution in [0.2, 0.25) is 0 Å². The predicted octanol–water partition coefficient (Wildman–Crippen LogP) is 5.58. The van der Waals surface area contributed by atoms with Gasteiger partial charge in [0.1, 0.15) is 5.75 Å². The monoisotopic (exact) mass is 354 g/mol. The van der Waals surface area contributed by atoms with Crippen molar-refractivity contribution >= 4 is 0 Å². The number of unbranched alkanes of at least 4 members (excludes halogenated alkanes) is 2. The van der Waals surface area contributed by atoms with Crippen molar-refractivity contribution < 1.29 is 10.2 Å². The van der Waals surface area contributed by atoms with Crippen molar-refractivity contribution in [3.63, 3.8) is 0 Å². The summed E-state index contributed by atoms with van der Waals surface area (Å²) in [5.74, 6) is 3.07. The van der Waals surface area contributed by atoms with Crippen molar-refractivity contribution in [3.8, 4) is 5.75 Å². The fourth-order valence-corrected chi connectivity index (χ4v) is 6.73. The van der Waals surface area contributed by atoms with Gasteiger partial charge in [0, 0.05) is 0 Å². The van der Waals surface area contributed by atoms with Crippen LogP contribution < -0.4 is 0 Å². The highest BCUT2D eigenvalue weighted by atomic mass is 16.3. The van der Waals surface area contributed by atoms with E-state index in [0.717, 1.165) is 25.7 Å². The highest BCUT2D eigenvalue weighted by Gasteiger charge is 2.56. The maximum atomic E-state index is 10.7. The van der Waals surface area contributed by atoms with E-state index in [4.69, 9.17) is 0 Å². The quantitative estimate of drug-likeness (QED) is 0.535. The van der Waals surface area contributed by atoms with Crippen LogP contribution in [0.25, 0.3) is 0 Å². The van der Waals surface area contributed by atoms with Gasteiger partial charge in [0.25, 0.3) is 0 Å². The molecule has 0 unspecified atom stereocenters. The number of aromatic hydroxyl groups is 1. The van der Waals surface area contributed by atoms with Gasteiger partial charge in [-0.3, -0.25) is 0 Å². The van der Waals surface area contributed by atoms with E-state index in [1.54, 1.807) is 0 Å². The van der Waals surface area contributed by atoms with E-state index in [-0.39, 0.29) is 11.5 Å². The molecule has 2 nitrogen and oxygen atoms in total. The summed E-state index contributed by atoms with van der Waals surface area (Å²) in [5, 5.41) is 20.7. The van der Waals surface area contributed by atoms with E-state index in [2.05, 4.69) is 19.6 Å². The van der Waals surface area contributed by atoms with Gasteiger partial charge < -0.3 is 10.2 Å². The summed E-state index contributed by atoms with van der Waals surface area (Å²) in [4.78, 5) is 0. The highest BCUT2D eigenvalue weighted by molar-refractivity contribution is 5.40. The van der Waals surface area contributed by atoms with E-state index in [1.165, 1.54) is 43.2 Å². The van der Waals surface area contributed by atoms with Crippen LogP contribution in [-0.4, -0.2) is 16.3 Å². The molecule has 1 aromatic rings. The third-order valence-electron chi connectivity index (χ3n) is 8.07. The van der Waals surface area contributed by atoms with Crippen molar-refractivity contribution in [2.24, 2.45) is 23.2 Å². The Bertz CT molecular complexity index is 666. The molecule has 3 aliphatic rings. The third-order valence-corrected chi connectivity index (χ3v) is 8.07. The van der Waals surface area contributed by atoms with Crippen molar-refractivity contribution in [1.29, 1.82) is 0 Å². The molecule has 26 heavy (non-hydrogen) atoms. The predicted molar refractivity (Wildman–Crippen MR) is 106 cm³/mol. The second-order valence-electron chi connectivity index (χ2n) is 9.35. The molecule has 6 atom stereocenters. The third kappa shape index (κ3) is 2.91. The van der Waals surface area contributed by atoms with Gasteiger partial charge in [0.15, 0.2) is 0 Å². The van der Waals surface area contributed by atoms with Crippen molar-refractivity contribution in [1.82, 2.24) is 0 Å². The number of rotatable bonds is 5. The first-order valence-corrected chi connectivity index (χ1v) is 10.7. The van der Waals surface area contributed by atoms with Crippen molar-refractivity contribution in [2.45, 2.75) is 76.7 Å². The topological polar surface area (TPSA) is 40.5 Å².